The smallest absolute Gasteiger partial charge is 0.339 e. The molecule has 0 aliphatic heterocycles. The van der Waals surface area contributed by atoms with Crippen LogP contribution < -0.4 is 4.74 Å². The Balaban J connectivity index is 2.11. The number of hydrogen-bond acceptors (Lipinski definition) is 5. The van der Waals surface area contributed by atoms with E-state index in [0.717, 1.165) is 0 Å². The highest BCUT2D eigenvalue weighted by atomic mass is 16.5. The van der Waals surface area contributed by atoms with Gasteiger partial charge in [0.05, 0.1) is 12.7 Å². The number of rotatable bonds is 4. The van der Waals surface area contributed by atoms with Crippen LogP contribution in [0.4, 0.5) is 0 Å². The third kappa shape index (κ3) is 3.12. The van der Waals surface area contributed by atoms with E-state index in [4.69, 9.17) is 14.7 Å². The SMILES string of the molecule is COc1ccc(C(=O)OC(C#N)c2ccncc2)cc1. The van der Waals surface area contributed by atoms with Crippen LogP contribution in [0.2, 0.25) is 0 Å². The number of pyridine rings is 1. The molecule has 0 fully saturated rings. The summed E-state index contributed by atoms with van der Waals surface area (Å²) in [7, 11) is 1.54. The van der Waals surface area contributed by atoms with E-state index in [2.05, 4.69) is 4.98 Å². The molecule has 5 heteroatoms. The molecular weight excluding hydrogens is 256 g/mol. The maximum Gasteiger partial charge on any atom is 0.339 e. The number of carbonyl (C=O) groups is 1. The van der Waals surface area contributed by atoms with Crippen LogP contribution in [0.15, 0.2) is 48.8 Å². The molecule has 1 heterocycles. The Kier molecular flexibility index (Phi) is 4.30. The van der Waals surface area contributed by atoms with Crippen molar-refractivity contribution in [3.63, 3.8) is 0 Å². The number of ether oxygens (including phenoxy) is 2. The fraction of sp³-hybridized carbons (Fsp3) is 0.133. The number of esters is 1. The average Bonchev–Trinajstić information content (AvgIpc) is 2.53. The molecule has 0 N–H and O–H groups in total. The van der Waals surface area contributed by atoms with Gasteiger partial charge in [-0.3, -0.25) is 4.98 Å². The highest BCUT2D eigenvalue weighted by molar-refractivity contribution is 5.89. The molecule has 2 aromatic rings. The van der Waals surface area contributed by atoms with Crippen LogP contribution in [-0.2, 0) is 4.74 Å². The van der Waals surface area contributed by atoms with Crippen LogP contribution in [0.5, 0.6) is 5.75 Å². The lowest BCUT2D eigenvalue weighted by molar-refractivity contribution is 0.0404. The van der Waals surface area contributed by atoms with E-state index in [1.54, 1.807) is 55.9 Å². The Morgan fingerprint density at radius 3 is 2.40 bits per heavy atom. The first-order valence-electron chi connectivity index (χ1n) is 5.89. The zero-order valence-electron chi connectivity index (χ0n) is 10.8. The van der Waals surface area contributed by atoms with E-state index in [-0.39, 0.29) is 0 Å². The maximum atomic E-state index is 12.0. The lowest BCUT2D eigenvalue weighted by atomic mass is 10.1. The molecule has 0 bridgehead atoms. The number of hydrogen-bond donors (Lipinski definition) is 0. The van der Waals surface area contributed by atoms with Gasteiger partial charge < -0.3 is 9.47 Å². The first kappa shape index (κ1) is 13.6. The Hall–Kier alpha value is -2.87. The van der Waals surface area contributed by atoms with Gasteiger partial charge in [-0.15, -0.1) is 0 Å². The molecule has 0 radical (unpaired) electrons. The van der Waals surface area contributed by atoms with E-state index < -0.39 is 12.1 Å². The Bertz CT molecular complexity index is 618. The Morgan fingerprint density at radius 1 is 1.20 bits per heavy atom. The summed E-state index contributed by atoms with van der Waals surface area (Å²) in [5.74, 6) is 0.0866. The van der Waals surface area contributed by atoms with Crippen molar-refractivity contribution in [2.75, 3.05) is 7.11 Å². The van der Waals surface area contributed by atoms with E-state index in [1.807, 2.05) is 6.07 Å². The van der Waals surface area contributed by atoms with Gasteiger partial charge in [0.2, 0.25) is 6.10 Å². The highest BCUT2D eigenvalue weighted by Crippen LogP contribution is 2.19. The second kappa shape index (κ2) is 6.34. The molecule has 5 nitrogen and oxygen atoms in total. The van der Waals surface area contributed by atoms with Gasteiger partial charge in [-0.1, -0.05) is 0 Å². The summed E-state index contributed by atoms with van der Waals surface area (Å²) in [5.41, 5.74) is 0.949. The minimum absolute atomic E-state index is 0.361. The number of nitriles is 1. The van der Waals surface area contributed by atoms with Crippen LogP contribution in [0.25, 0.3) is 0 Å². The normalized spacial score (nSPS) is 11.2. The van der Waals surface area contributed by atoms with Crippen molar-refractivity contribution in [1.29, 1.82) is 5.26 Å². The van der Waals surface area contributed by atoms with Crippen LogP contribution in [0, 0.1) is 11.3 Å². The third-order valence-electron chi connectivity index (χ3n) is 2.68. The van der Waals surface area contributed by atoms with Gasteiger partial charge in [0.25, 0.3) is 0 Å². The lowest BCUT2D eigenvalue weighted by Gasteiger charge is -2.11. The Labute approximate surface area is 116 Å². The summed E-state index contributed by atoms with van der Waals surface area (Å²) in [6, 6.07) is 11.7. The van der Waals surface area contributed by atoms with Gasteiger partial charge in [0.1, 0.15) is 11.8 Å². The van der Waals surface area contributed by atoms with Crippen molar-refractivity contribution in [2.45, 2.75) is 6.10 Å². The molecule has 0 saturated carbocycles. The molecule has 0 saturated heterocycles. The second-order valence-electron chi connectivity index (χ2n) is 3.92. The van der Waals surface area contributed by atoms with Gasteiger partial charge in [-0.25, -0.2) is 4.79 Å². The maximum absolute atomic E-state index is 12.0. The van der Waals surface area contributed by atoms with Crippen LogP contribution >= 0.6 is 0 Å². The molecule has 0 amide bonds. The molecule has 1 atom stereocenters. The van der Waals surface area contributed by atoms with Crippen LogP contribution in [0.3, 0.4) is 0 Å². The number of nitrogens with zero attached hydrogens (tertiary/aromatic N) is 2. The van der Waals surface area contributed by atoms with Crippen molar-refractivity contribution >= 4 is 5.97 Å². The van der Waals surface area contributed by atoms with Crippen LogP contribution in [0.1, 0.15) is 22.0 Å². The second-order valence-corrected chi connectivity index (χ2v) is 3.92. The molecule has 0 spiro atoms. The number of carbonyl (C=O) groups excluding carboxylic acids is 1. The number of benzene rings is 1. The summed E-state index contributed by atoms with van der Waals surface area (Å²) in [5, 5.41) is 9.09. The van der Waals surface area contributed by atoms with Gasteiger partial charge in [-0.05, 0) is 36.4 Å². The molecule has 1 aromatic carbocycles. The standard InChI is InChI=1S/C15H12N2O3/c1-19-13-4-2-12(3-5-13)15(18)20-14(10-16)11-6-8-17-9-7-11/h2-9,14H,1H3. The minimum Gasteiger partial charge on any atom is -0.497 e. The van der Waals surface area contributed by atoms with Crippen molar-refractivity contribution in [1.82, 2.24) is 4.98 Å². The predicted octanol–water partition coefficient (Wildman–Crippen LogP) is 2.51. The topological polar surface area (TPSA) is 72.2 Å². The van der Waals surface area contributed by atoms with Crippen molar-refractivity contribution in [3.05, 3.63) is 59.9 Å². The van der Waals surface area contributed by atoms with Gasteiger partial charge in [-0.2, -0.15) is 5.26 Å². The Morgan fingerprint density at radius 2 is 1.85 bits per heavy atom. The summed E-state index contributed by atoms with van der Waals surface area (Å²) < 4.78 is 10.2. The molecular formula is C15H12N2O3. The zero-order valence-corrected chi connectivity index (χ0v) is 10.8. The minimum atomic E-state index is -0.951. The fourth-order valence-corrected chi connectivity index (χ4v) is 1.61. The summed E-state index contributed by atoms with van der Waals surface area (Å²) in [4.78, 5) is 15.8. The number of methoxy groups -OCH3 is 1. The predicted molar refractivity (Wildman–Crippen MR) is 71.0 cm³/mol. The van der Waals surface area contributed by atoms with Crippen molar-refractivity contribution in [2.24, 2.45) is 0 Å². The fourth-order valence-electron chi connectivity index (χ4n) is 1.61. The first-order chi connectivity index (χ1) is 9.74. The quantitative estimate of drug-likeness (QED) is 0.797. The lowest BCUT2D eigenvalue weighted by Crippen LogP contribution is -2.10. The summed E-state index contributed by atoms with van der Waals surface area (Å²) in [6.07, 6.45) is 2.13. The van der Waals surface area contributed by atoms with Crippen molar-refractivity contribution in [3.8, 4) is 11.8 Å². The summed E-state index contributed by atoms with van der Waals surface area (Å²) >= 11 is 0. The monoisotopic (exact) mass is 268 g/mol. The molecule has 2 rings (SSSR count). The van der Waals surface area contributed by atoms with E-state index in [1.165, 1.54) is 0 Å². The zero-order chi connectivity index (χ0) is 14.4. The largest absolute Gasteiger partial charge is 0.497 e. The van der Waals surface area contributed by atoms with Gasteiger partial charge in [0.15, 0.2) is 0 Å². The molecule has 100 valence electrons. The van der Waals surface area contributed by atoms with E-state index in [0.29, 0.717) is 16.9 Å². The van der Waals surface area contributed by atoms with Gasteiger partial charge >= 0.3 is 5.97 Å². The van der Waals surface area contributed by atoms with Crippen LogP contribution in [-0.4, -0.2) is 18.1 Å². The van der Waals surface area contributed by atoms with E-state index >= 15 is 0 Å². The highest BCUT2D eigenvalue weighted by Gasteiger charge is 2.17. The van der Waals surface area contributed by atoms with Crippen molar-refractivity contribution < 1.29 is 14.3 Å². The van der Waals surface area contributed by atoms with Gasteiger partial charge in [0, 0.05) is 18.0 Å². The molecule has 0 aliphatic rings. The third-order valence-corrected chi connectivity index (χ3v) is 2.68. The summed E-state index contributed by atoms with van der Waals surface area (Å²) in [6.45, 7) is 0. The number of aromatic nitrogens is 1. The molecule has 0 aliphatic carbocycles. The molecule has 1 aromatic heterocycles. The molecule has 20 heavy (non-hydrogen) atoms. The average molecular weight is 268 g/mol. The first-order valence-corrected chi connectivity index (χ1v) is 5.89. The molecule has 1 unspecified atom stereocenters. The van der Waals surface area contributed by atoms with E-state index in [9.17, 15) is 4.79 Å².